The molecular formula is C16H11ClN2S. The van der Waals surface area contributed by atoms with E-state index in [2.05, 4.69) is 10.6 Å². The summed E-state index contributed by atoms with van der Waals surface area (Å²) in [6.45, 7) is 0. The Labute approximate surface area is 126 Å². The van der Waals surface area contributed by atoms with Crippen LogP contribution in [0.15, 0.2) is 53.6 Å². The van der Waals surface area contributed by atoms with Crippen molar-refractivity contribution in [3.8, 4) is 11.8 Å². The van der Waals surface area contributed by atoms with Crippen LogP contribution in [0.25, 0.3) is 16.6 Å². The number of hydrogen-bond acceptors (Lipinski definition) is 2. The molecule has 0 fully saturated rings. The van der Waals surface area contributed by atoms with Crippen molar-refractivity contribution >= 4 is 34.3 Å². The van der Waals surface area contributed by atoms with Crippen LogP contribution < -0.4 is 0 Å². The molecule has 20 heavy (non-hydrogen) atoms. The van der Waals surface area contributed by atoms with Crippen molar-refractivity contribution in [1.29, 1.82) is 5.26 Å². The lowest BCUT2D eigenvalue weighted by molar-refractivity contribution is 0.986. The first-order chi connectivity index (χ1) is 9.76. The van der Waals surface area contributed by atoms with Gasteiger partial charge in [0.25, 0.3) is 0 Å². The number of rotatable bonds is 2. The van der Waals surface area contributed by atoms with E-state index in [0.29, 0.717) is 10.6 Å². The van der Waals surface area contributed by atoms with Crippen molar-refractivity contribution in [2.45, 2.75) is 5.03 Å². The molecule has 0 amide bonds. The van der Waals surface area contributed by atoms with Gasteiger partial charge in [-0.05, 0) is 36.6 Å². The first-order valence-corrected chi connectivity index (χ1v) is 7.70. The summed E-state index contributed by atoms with van der Waals surface area (Å²) in [7, 11) is 0. The molecule has 0 saturated heterocycles. The van der Waals surface area contributed by atoms with Gasteiger partial charge in [-0.25, -0.2) is 0 Å². The second kappa shape index (κ2) is 5.24. The van der Waals surface area contributed by atoms with Gasteiger partial charge >= 0.3 is 0 Å². The topological polar surface area (TPSA) is 28.7 Å². The van der Waals surface area contributed by atoms with Crippen LogP contribution in [0.5, 0.6) is 0 Å². The molecule has 3 aromatic rings. The van der Waals surface area contributed by atoms with Crippen molar-refractivity contribution in [2.24, 2.45) is 0 Å². The number of hydrogen-bond donors (Lipinski definition) is 0. The molecule has 1 aromatic heterocycles. The molecule has 0 saturated carbocycles. The average Bonchev–Trinajstić information content (AvgIpc) is 2.80. The molecule has 0 aliphatic rings. The second-order valence-electron chi connectivity index (χ2n) is 4.33. The molecule has 1 heterocycles. The Hall–Kier alpha value is -1.89. The molecule has 0 aliphatic heterocycles. The van der Waals surface area contributed by atoms with E-state index in [1.165, 1.54) is 0 Å². The number of aromatic nitrogens is 1. The van der Waals surface area contributed by atoms with Crippen LogP contribution in [0, 0.1) is 11.3 Å². The maximum atomic E-state index is 9.47. The largest absolute Gasteiger partial charge is 0.303 e. The third-order valence-electron chi connectivity index (χ3n) is 3.21. The summed E-state index contributed by atoms with van der Waals surface area (Å²) >= 11 is 7.69. The maximum Gasteiger partial charge on any atom is 0.103 e. The lowest BCUT2D eigenvalue weighted by atomic mass is 10.2. The summed E-state index contributed by atoms with van der Waals surface area (Å²) in [4.78, 5) is 0. The Balaban J connectivity index is 2.46. The first-order valence-electron chi connectivity index (χ1n) is 6.09. The van der Waals surface area contributed by atoms with Gasteiger partial charge in [0.05, 0.1) is 16.1 Å². The van der Waals surface area contributed by atoms with E-state index in [9.17, 15) is 5.26 Å². The van der Waals surface area contributed by atoms with E-state index in [0.717, 1.165) is 21.6 Å². The van der Waals surface area contributed by atoms with Crippen molar-refractivity contribution in [2.75, 3.05) is 6.26 Å². The smallest absolute Gasteiger partial charge is 0.103 e. The van der Waals surface area contributed by atoms with Gasteiger partial charge in [-0.15, -0.1) is 11.8 Å². The molecule has 0 N–H and O–H groups in total. The number of fused-ring (bicyclic) bond motifs is 1. The zero-order chi connectivity index (χ0) is 14.1. The van der Waals surface area contributed by atoms with Crippen LogP contribution in [0.1, 0.15) is 5.56 Å². The summed E-state index contributed by atoms with van der Waals surface area (Å²) in [5.74, 6) is 0. The molecule has 0 aliphatic carbocycles. The van der Waals surface area contributed by atoms with Crippen molar-refractivity contribution in [3.63, 3.8) is 0 Å². The van der Waals surface area contributed by atoms with Crippen molar-refractivity contribution in [3.05, 3.63) is 59.1 Å². The minimum absolute atomic E-state index is 0.671. The van der Waals surface area contributed by atoms with Gasteiger partial charge in [0.15, 0.2) is 0 Å². The molecule has 2 aromatic carbocycles. The Morgan fingerprint density at radius 3 is 2.55 bits per heavy atom. The third-order valence-corrected chi connectivity index (χ3v) is 4.22. The highest BCUT2D eigenvalue weighted by Gasteiger charge is 2.17. The van der Waals surface area contributed by atoms with Crippen LogP contribution in [-0.2, 0) is 0 Å². The lowest BCUT2D eigenvalue weighted by Crippen LogP contribution is -1.95. The van der Waals surface area contributed by atoms with Gasteiger partial charge < -0.3 is 4.57 Å². The standard InChI is InChI=1S/C16H11ClN2S/c1-20-16-14(10-18)13-8-7-11(17)9-15(13)19(16)12-5-3-2-4-6-12/h2-9H,1H3. The number of nitrogens with zero attached hydrogens (tertiary/aromatic N) is 2. The van der Waals surface area contributed by atoms with Gasteiger partial charge in [0, 0.05) is 16.1 Å². The Morgan fingerprint density at radius 2 is 1.90 bits per heavy atom. The molecule has 0 atom stereocenters. The third kappa shape index (κ3) is 1.98. The highest BCUT2D eigenvalue weighted by Crippen LogP contribution is 2.35. The van der Waals surface area contributed by atoms with Gasteiger partial charge in [-0.3, -0.25) is 0 Å². The molecule has 3 rings (SSSR count). The summed E-state index contributed by atoms with van der Waals surface area (Å²) in [5, 5.41) is 12.0. The summed E-state index contributed by atoms with van der Waals surface area (Å²) in [6.07, 6.45) is 1.98. The van der Waals surface area contributed by atoms with Crippen molar-refractivity contribution < 1.29 is 0 Å². The average molecular weight is 299 g/mol. The van der Waals surface area contributed by atoms with Crippen molar-refractivity contribution in [1.82, 2.24) is 4.57 Å². The van der Waals surface area contributed by atoms with E-state index in [1.54, 1.807) is 11.8 Å². The fourth-order valence-corrected chi connectivity index (χ4v) is 3.28. The molecular weight excluding hydrogens is 288 g/mol. The van der Waals surface area contributed by atoms with Gasteiger partial charge in [0.2, 0.25) is 0 Å². The van der Waals surface area contributed by atoms with Crippen LogP contribution in [0.3, 0.4) is 0 Å². The van der Waals surface area contributed by atoms with Gasteiger partial charge in [-0.2, -0.15) is 5.26 Å². The fourth-order valence-electron chi connectivity index (χ4n) is 2.37. The van der Waals surface area contributed by atoms with E-state index >= 15 is 0 Å². The monoisotopic (exact) mass is 298 g/mol. The Bertz CT molecular complexity index is 816. The van der Waals surface area contributed by atoms with Crippen LogP contribution in [0.4, 0.5) is 0 Å². The molecule has 2 nitrogen and oxygen atoms in total. The van der Waals surface area contributed by atoms with Gasteiger partial charge in [0.1, 0.15) is 6.07 Å². The minimum atomic E-state index is 0.671. The first kappa shape index (κ1) is 13.1. The highest BCUT2D eigenvalue weighted by atomic mass is 35.5. The van der Waals surface area contributed by atoms with Crippen LogP contribution in [-0.4, -0.2) is 10.8 Å². The second-order valence-corrected chi connectivity index (χ2v) is 5.56. The molecule has 98 valence electrons. The fraction of sp³-hybridized carbons (Fsp3) is 0.0625. The van der Waals surface area contributed by atoms with Crippen LogP contribution >= 0.6 is 23.4 Å². The zero-order valence-electron chi connectivity index (χ0n) is 10.8. The normalized spacial score (nSPS) is 10.7. The quantitative estimate of drug-likeness (QED) is 0.631. The number of benzene rings is 2. The van der Waals surface area contributed by atoms with Gasteiger partial charge in [-0.1, -0.05) is 29.8 Å². The number of thioether (sulfide) groups is 1. The maximum absolute atomic E-state index is 9.47. The molecule has 0 bridgehead atoms. The molecule has 0 unspecified atom stereocenters. The summed E-state index contributed by atoms with van der Waals surface area (Å²) in [6, 6.07) is 18.0. The lowest BCUT2D eigenvalue weighted by Gasteiger charge is -2.09. The molecule has 0 spiro atoms. The van der Waals surface area contributed by atoms with E-state index in [4.69, 9.17) is 11.6 Å². The number of nitriles is 1. The van der Waals surface area contributed by atoms with E-state index in [1.807, 2.05) is 54.8 Å². The van der Waals surface area contributed by atoms with E-state index in [-0.39, 0.29) is 0 Å². The number of para-hydroxylation sites is 1. The summed E-state index contributed by atoms with van der Waals surface area (Å²) in [5.41, 5.74) is 2.70. The Kier molecular flexibility index (Phi) is 3.43. The molecule has 4 heteroatoms. The summed E-state index contributed by atoms with van der Waals surface area (Å²) < 4.78 is 2.09. The van der Waals surface area contributed by atoms with Crippen LogP contribution in [0.2, 0.25) is 5.02 Å². The predicted molar refractivity (Wildman–Crippen MR) is 84.8 cm³/mol. The Morgan fingerprint density at radius 1 is 1.15 bits per heavy atom. The van der Waals surface area contributed by atoms with E-state index < -0.39 is 0 Å². The number of halogens is 1. The predicted octanol–water partition coefficient (Wildman–Crippen LogP) is 4.88. The SMILES string of the molecule is CSc1c(C#N)c2ccc(Cl)cc2n1-c1ccccc1. The highest BCUT2D eigenvalue weighted by molar-refractivity contribution is 7.98. The minimum Gasteiger partial charge on any atom is -0.303 e. The molecule has 0 radical (unpaired) electrons. The zero-order valence-corrected chi connectivity index (χ0v) is 12.4.